The van der Waals surface area contributed by atoms with Gasteiger partial charge in [-0.15, -0.1) is 0 Å². The Hall–Kier alpha value is 2.63. The summed E-state index contributed by atoms with van der Waals surface area (Å²) in [7, 11) is 0. The molecule has 0 fully saturated rings. The maximum Gasteiger partial charge on any atom is 2.00 e. The molecule has 0 aromatic carbocycles. The zero-order valence-electron chi connectivity index (χ0n) is 9.60. The van der Waals surface area contributed by atoms with Crippen molar-refractivity contribution < 1.29 is 61.6 Å². The molecule has 86 valence electrons. The molecule has 11 heteroatoms. The summed E-state index contributed by atoms with van der Waals surface area (Å²) in [6.07, 6.45) is 0. The number of carboxylic acids is 3. The van der Waals surface area contributed by atoms with Crippen LogP contribution < -0.4 is 27.7 Å². The minimum Gasteiger partial charge on any atom is -1.00 e. The van der Waals surface area contributed by atoms with Crippen molar-refractivity contribution in [2.45, 2.75) is 13.8 Å². The van der Waals surface area contributed by atoms with E-state index in [1.165, 1.54) is 0 Å². The molecule has 0 aliphatic heterocycles. The normalized spacial score (nSPS) is 5.12. The number of aliphatic carboxylic acids is 3. The molecule has 0 spiro atoms. The van der Waals surface area contributed by atoms with E-state index in [2.05, 4.69) is 12.6 Å². The van der Waals surface area contributed by atoms with Gasteiger partial charge in [0.05, 0.1) is 5.97 Å². The van der Waals surface area contributed by atoms with Crippen LogP contribution in [0.15, 0.2) is 0 Å². The molecule has 0 saturated heterocycles. The average molecular weight is 485 g/mol. The molecule has 0 aliphatic rings. The Morgan fingerprint density at radius 3 is 1.00 bits per heavy atom. The number of carbonyl (C=O) groups excluding carboxylic acids is 3. The van der Waals surface area contributed by atoms with E-state index in [9.17, 15) is 9.90 Å². The molecule has 0 aliphatic carbocycles. The van der Waals surface area contributed by atoms with E-state index in [1.54, 1.807) is 0 Å². The molecular formula is C6H9ClO6SSr2Zn+2. The van der Waals surface area contributed by atoms with Gasteiger partial charge in [-0.3, -0.25) is 0 Å². The smallest absolute Gasteiger partial charge is 1.00 e. The van der Waals surface area contributed by atoms with Gasteiger partial charge < -0.3 is 42.1 Å². The van der Waals surface area contributed by atoms with Gasteiger partial charge in [0.2, 0.25) is 0 Å². The molecule has 0 rings (SSSR count). The van der Waals surface area contributed by atoms with Gasteiger partial charge in [-0.25, -0.2) is 0 Å². The molecule has 17 heavy (non-hydrogen) atoms. The number of rotatable bonds is 1. The third-order valence-corrected chi connectivity index (χ3v) is 0.387. The van der Waals surface area contributed by atoms with Crippen LogP contribution in [-0.2, 0) is 33.9 Å². The van der Waals surface area contributed by atoms with Crippen molar-refractivity contribution in [2.24, 2.45) is 0 Å². The van der Waals surface area contributed by atoms with Crippen LogP contribution >= 0.6 is 12.6 Å². The van der Waals surface area contributed by atoms with Crippen molar-refractivity contribution in [3.8, 4) is 0 Å². The van der Waals surface area contributed by atoms with Crippen molar-refractivity contribution in [1.29, 1.82) is 0 Å². The quantitative estimate of drug-likeness (QED) is 0.291. The summed E-state index contributed by atoms with van der Waals surface area (Å²) < 4.78 is 0. The van der Waals surface area contributed by atoms with Gasteiger partial charge >= 0.3 is 110 Å². The summed E-state index contributed by atoms with van der Waals surface area (Å²) in [5.74, 6) is -3.49. The molecule has 0 N–H and O–H groups in total. The monoisotopic (exact) mass is 484 g/mol. The fourth-order valence-corrected chi connectivity index (χ4v) is 0. The zero-order valence-corrected chi connectivity index (χ0v) is 21.2. The Labute approximate surface area is 198 Å². The minimum atomic E-state index is -1.13. The number of hydrogen-bond acceptors (Lipinski definition) is 7. The number of carbonyl (C=O) groups is 3. The van der Waals surface area contributed by atoms with E-state index in [1.807, 2.05) is 0 Å². The van der Waals surface area contributed by atoms with Crippen molar-refractivity contribution in [3.63, 3.8) is 0 Å². The van der Waals surface area contributed by atoms with Crippen molar-refractivity contribution in [3.05, 3.63) is 0 Å². The zero-order chi connectivity index (χ0) is 11.4. The number of halogens is 1. The summed E-state index contributed by atoms with van der Waals surface area (Å²) in [6.45, 7) is 1.94. The molecule has 0 radical (unpaired) electrons. The molecule has 0 aromatic heterocycles. The largest absolute Gasteiger partial charge is 2.00 e. The minimum absolute atomic E-state index is 0. The van der Waals surface area contributed by atoms with Crippen molar-refractivity contribution in [2.75, 3.05) is 5.75 Å². The van der Waals surface area contributed by atoms with Crippen LogP contribution in [0.5, 0.6) is 0 Å². The van der Waals surface area contributed by atoms with Crippen LogP contribution in [0.2, 0.25) is 0 Å². The van der Waals surface area contributed by atoms with Gasteiger partial charge in [0, 0.05) is 17.7 Å². The van der Waals surface area contributed by atoms with Gasteiger partial charge in [0.1, 0.15) is 0 Å². The SMILES string of the molecule is CC(=O)[O-].CC(=O)[O-].O=C([O-])CS.[Cl-].[Sr+2].[Sr+2].[Zn+2]. The topological polar surface area (TPSA) is 120 Å². The van der Waals surface area contributed by atoms with E-state index < -0.39 is 17.9 Å². The third kappa shape index (κ3) is 240. The molecule has 0 atom stereocenters. The number of carboxylic acid groups (broad SMARTS) is 3. The predicted molar refractivity (Wildman–Crippen MR) is 51.7 cm³/mol. The van der Waals surface area contributed by atoms with Crippen LogP contribution in [0.25, 0.3) is 0 Å². The third-order valence-electron chi connectivity index (χ3n) is 0.129. The molecule has 0 aromatic rings. The van der Waals surface area contributed by atoms with Gasteiger partial charge in [-0.2, -0.15) is 12.6 Å². The summed E-state index contributed by atoms with van der Waals surface area (Å²) in [4.78, 5) is 27.0. The fourth-order valence-electron chi connectivity index (χ4n) is 0. The van der Waals surface area contributed by atoms with Crippen molar-refractivity contribution in [1.82, 2.24) is 0 Å². The molecule has 0 heterocycles. The van der Waals surface area contributed by atoms with Crippen LogP contribution in [0.3, 0.4) is 0 Å². The fraction of sp³-hybridized carbons (Fsp3) is 0.500. The van der Waals surface area contributed by atoms with Crippen molar-refractivity contribution >= 4 is 121 Å². The molecule has 6 nitrogen and oxygen atoms in total. The molecule has 0 bridgehead atoms. The van der Waals surface area contributed by atoms with E-state index >= 15 is 0 Å². The Morgan fingerprint density at radius 1 is 0.941 bits per heavy atom. The number of hydrogen-bond donors (Lipinski definition) is 1. The summed E-state index contributed by atoms with van der Waals surface area (Å²) in [5, 5.41) is 27.0. The van der Waals surface area contributed by atoms with Crippen LogP contribution in [-0.4, -0.2) is 115 Å². The van der Waals surface area contributed by atoms with E-state index in [0.717, 1.165) is 13.8 Å². The van der Waals surface area contributed by atoms with Gasteiger partial charge in [-0.1, -0.05) is 0 Å². The Kier molecular flexibility index (Phi) is 91.2. The van der Waals surface area contributed by atoms with Crippen LogP contribution in [0.4, 0.5) is 0 Å². The van der Waals surface area contributed by atoms with Gasteiger partial charge in [0.15, 0.2) is 0 Å². The molecule has 0 unspecified atom stereocenters. The Morgan fingerprint density at radius 2 is 1.00 bits per heavy atom. The second-order valence-corrected chi connectivity index (χ2v) is 1.83. The predicted octanol–water partition coefficient (Wildman–Crippen LogP) is -7.58. The van der Waals surface area contributed by atoms with Gasteiger partial charge in [-0.05, 0) is 13.8 Å². The molecular weight excluding hydrogens is 476 g/mol. The summed E-state index contributed by atoms with van der Waals surface area (Å²) in [6, 6.07) is 0. The van der Waals surface area contributed by atoms with E-state index in [0.29, 0.717) is 0 Å². The van der Waals surface area contributed by atoms with Crippen LogP contribution in [0, 0.1) is 0 Å². The Bertz CT molecular complexity index is 166. The first kappa shape index (κ1) is 42.7. The van der Waals surface area contributed by atoms with Gasteiger partial charge in [0.25, 0.3) is 0 Å². The maximum absolute atomic E-state index is 9.18. The summed E-state index contributed by atoms with van der Waals surface area (Å²) in [5.41, 5.74) is 0. The van der Waals surface area contributed by atoms with E-state index in [4.69, 9.17) is 19.8 Å². The average Bonchev–Trinajstić information content (AvgIpc) is 1.84. The Balaban J connectivity index is -0.0000000159. The second-order valence-electron chi connectivity index (χ2n) is 1.51. The first-order valence-corrected chi connectivity index (χ1v) is 3.53. The van der Waals surface area contributed by atoms with Crippen LogP contribution in [0.1, 0.15) is 13.8 Å². The molecule has 0 amide bonds. The molecule has 0 saturated carbocycles. The number of thiol groups is 1. The van der Waals surface area contributed by atoms with E-state index in [-0.39, 0.29) is 129 Å². The summed E-state index contributed by atoms with van der Waals surface area (Å²) >= 11 is 3.35. The first-order chi connectivity index (χ1) is 5.73. The second kappa shape index (κ2) is 36.3. The first-order valence-electron chi connectivity index (χ1n) is 2.89. The maximum atomic E-state index is 9.18. The standard InChI is InChI=1S/C2H4O2S.2C2H4O2.ClH.2Sr.Zn/c3-2(4)1-5;2*1-2(3)4;;;;/h5H,1H2,(H,3,4);2*1H3,(H,3,4);1H;;;/q;;;;3*+2/p-4.